The number of hydrazine groups is 1. The van der Waals surface area contributed by atoms with Crippen LogP contribution in [-0.2, 0) is 4.79 Å². The van der Waals surface area contributed by atoms with Crippen LogP contribution >= 0.6 is 0 Å². The minimum atomic E-state index is -0.984. The predicted octanol–water partition coefficient (Wildman–Crippen LogP) is 1.91. The van der Waals surface area contributed by atoms with Crippen LogP contribution in [0.1, 0.15) is 17.2 Å². The zero-order chi connectivity index (χ0) is 26.4. The molecule has 1 aromatic heterocycles. The summed E-state index contributed by atoms with van der Waals surface area (Å²) in [5.74, 6) is -0.906. The van der Waals surface area contributed by atoms with Crippen molar-refractivity contribution in [2.45, 2.75) is 6.04 Å². The number of aliphatic imine (C=N–C) groups is 1. The molecular weight excluding hydrogens is 481 g/mol. The topological polar surface area (TPSA) is 175 Å². The minimum absolute atomic E-state index is 0.0671. The maximum absolute atomic E-state index is 15.7. The van der Waals surface area contributed by atoms with Crippen molar-refractivity contribution in [3.8, 4) is 17.6 Å². The number of methoxy groups -OCH3 is 1. The molecule has 2 aromatic carbocycles. The molecule has 5 N–H and O–H groups in total. The number of carbonyl (C=O) groups excluding carboxylic acids is 1. The van der Waals surface area contributed by atoms with E-state index in [4.69, 9.17) is 25.9 Å². The molecule has 0 saturated heterocycles. The summed E-state index contributed by atoms with van der Waals surface area (Å²) in [7, 11) is 1.41. The first-order valence-electron chi connectivity index (χ1n) is 10.9. The molecule has 1 aliphatic heterocycles. The van der Waals surface area contributed by atoms with Crippen LogP contribution in [0.5, 0.6) is 11.5 Å². The molecule has 0 bridgehead atoms. The average molecular weight is 503 g/mol. The summed E-state index contributed by atoms with van der Waals surface area (Å²) in [6, 6.07) is 11.8. The van der Waals surface area contributed by atoms with Gasteiger partial charge in [0, 0.05) is 35.3 Å². The number of carbonyl (C=O) groups is 1. The van der Waals surface area contributed by atoms with Crippen LogP contribution < -0.4 is 31.0 Å². The number of benzene rings is 2. The van der Waals surface area contributed by atoms with E-state index in [0.29, 0.717) is 11.3 Å². The van der Waals surface area contributed by atoms with Crippen LogP contribution in [0, 0.1) is 22.6 Å². The van der Waals surface area contributed by atoms with Gasteiger partial charge in [0.1, 0.15) is 36.1 Å². The molecule has 0 radical (unpaired) electrons. The lowest BCUT2D eigenvalue weighted by Crippen LogP contribution is -2.54. The van der Waals surface area contributed by atoms with E-state index in [1.165, 1.54) is 31.6 Å². The van der Waals surface area contributed by atoms with Crippen LogP contribution in [0.2, 0.25) is 0 Å². The van der Waals surface area contributed by atoms with Crippen molar-refractivity contribution in [3.63, 3.8) is 0 Å². The molecule has 4 rings (SSSR count). The normalized spacial score (nSPS) is 13.6. The second-order valence-corrected chi connectivity index (χ2v) is 7.64. The van der Waals surface area contributed by atoms with Gasteiger partial charge in [-0.1, -0.05) is 0 Å². The Morgan fingerprint density at radius 2 is 2.05 bits per heavy atom. The van der Waals surface area contributed by atoms with Gasteiger partial charge < -0.3 is 20.5 Å². The van der Waals surface area contributed by atoms with E-state index in [2.05, 4.69) is 25.7 Å². The number of ether oxygens (including phenoxy) is 2. The van der Waals surface area contributed by atoms with E-state index in [1.54, 1.807) is 30.3 Å². The fraction of sp³-hybridized carbons (Fsp3) is 0.167. The molecule has 13 heteroatoms. The van der Waals surface area contributed by atoms with Crippen LogP contribution in [0.25, 0.3) is 0 Å². The number of hydrogen-bond donors (Lipinski definition) is 4. The number of amides is 1. The minimum Gasteiger partial charge on any atom is -0.497 e. The fourth-order valence-corrected chi connectivity index (χ4v) is 3.50. The van der Waals surface area contributed by atoms with Gasteiger partial charge in [0.05, 0.1) is 7.11 Å². The standard InChI is InChI=1S/C24H22FN9O3/c1-36-16-11-17(20(25)18(12-16)37-10-7-26)21(32-15-5-3-14(4-6-15)22(27)28)23-31-13-19(35)34(33-23)24-29-8-2-9-30-24/h2-6,8-9,11-12,21,32H,10,13H2,1H3,(H3,27,28)(H,31,33). The highest BCUT2D eigenvalue weighted by molar-refractivity contribution is 6.04. The Bertz CT molecular complexity index is 1370. The number of nitrogens with zero attached hydrogens (tertiary/aromatic N) is 5. The van der Waals surface area contributed by atoms with Gasteiger partial charge in [-0.25, -0.2) is 14.4 Å². The van der Waals surface area contributed by atoms with Crippen LogP contribution in [0.4, 0.5) is 16.0 Å². The summed E-state index contributed by atoms with van der Waals surface area (Å²) in [4.78, 5) is 25.1. The molecule has 0 aliphatic carbocycles. The molecule has 188 valence electrons. The van der Waals surface area contributed by atoms with Crippen molar-refractivity contribution in [2.24, 2.45) is 10.7 Å². The first kappa shape index (κ1) is 24.9. The second kappa shape index (κ2) is 11.0. The number of nitrogens with two attached hydrogens (primary N) is 1. The highest BCUT2D eigenvalue weighted by Crippen LogP contribution is 2.34. The van der Waals surface area contributed by atoms with Gasteiger partial charge in [0.2, 0.25) is 0 Å². The van der Waals surface area contributed by atoms with Gasteiger partial charge in [-0.3, -0.25) is 20.6 Å². The van der Waals surface area contributed by atoms with Gasteiger partial charge in [-0.2, -0.15) is 10.3 Å². The van der Waals surface area contributed by atoms with E-state index in [-0.39, 0.29) is 47.8 Å². The molecule has 0 saturated carbocycles. The highest BCUT2D eigenvalue weighted by Gasteiger charge is 2.32. The molecule has 12 nitrogen and oxygen atoms in total. The van der Waals surface area contributed by atoms with Gasteiger partial charge in [-0.15, -0.1) is 0 Å². The molecule has 2 heterocycles. The number of rotatable bonds is 9. The summed E-state index contributed by atoms with van der Waals surface area (Å²) in [5.41, 5.74) is 9.55. The summed E-state index contributed by atoms with van der Waals surface area (Å²) in [5, 5.41) is 20.8. The molecule has 1 unspecified atom stereocenters. The van der Waals surface area contributed by atoms with Crippen molar-refractivity contribution in [3.05, 3.63) is 71.8 Å². The molecule has 0 spiro atoms. The smallest absolute Gasteiger partial charge is 0.270 e. The van der Waals surface area contributed by atoms with E-state index in [1.807, 2.05) is 6.07 Å². The Labute approximate surface area is 211 Å². The number of hydrogen-bond acceptors (Lipinski definition) is 10. The van der Waals surface area contributed by atoms with Gasteiger partial charge >= 0.3 is 0 Å². The quantitative estimate of drug-likeness (QED) is 0.251. The number of amidine groups is 2. The maximum Gasteiger partial charge on any atom is 0.270 e. The molecule has 0 fully saturated rings. The van der Waals surface area contributed by atoms with E-state index in [0.717, 1.165) is 5.01 Å². The Balaban J connectivity index is 1.78. The zero-order valence-electron chi connectivity index (χ0n) is 19.6. The lowest BCUT2D eigenvalue weighted by Gasteiger charge is -2.31. The highest BCUT2D eigenvalue weighted by atomic mass is 19.1. The Morgan fingerprint density at radius 1 is 1.32 bits per heavy atom. The summed E-state index contributed by atoms with van der Waals surface area (Å²) in [6.07, 6.45) is 2.96. The number of halogens is 1. The molecule has 1 atom stereocenters. The van der Waals surface area contributed by atoms with E-state index >= 15 is 4.39 Å². The molecular formula is C24H22FN9O3. The Morgan fingerprint density at radius 3 is 2.70 bits per heavy atom. The predicted molar refractivity (Wildman–Crippen MR) is 133 cm³/mol. The lowest BCUT2D eigenvalue weighted by molar-refractivity contribution is -0.118. The van der Waals surface area contributed by atoms with Gasteiger partial charge in [0.25, 0.3) is 11.9 Å². The van der Waals surface area contributed by atoms with Crippen LogP contribution in [-0.4, -0.2) is 47.8 Å². The van der Waals surface area contributed by atoms with E-state index < -0.39 is 17.8 Å². The molecule has 3 aromatic rings. The second-order valence-electron chi connectivity index (χ2n) is 7.64. The first-order chi connectivity index (χ1) is 17.9. The van der Waals surface area contributed by atoms with Crippen molar-refractivity contribution < 1.29 is 18.7 Å². The third-order valence-corrected chi connectivity index (χ3v) is 5.27. The largest absolute Gasteiger partial charge is 0.497 e. The summed E-state index contributed by atoms with van der Waals surface area (Å²) in [6.45, 7) is -0.619. The van der Waals surface area contributed by atoms with Crippen molar-refractivity contribution in [1.29, 1.82) is 10.7 Å². The molecule has 37 heavy (non-hydrogen) atoms. The van der Waals surface area contributed by atoms with Crippen molar-refractivity contribution in [1.82, 2.24) is 15.4 Å². The lowest BCUT2D eigenvalue weighted by atomic mass is 10.0. The van der Waals surface area contributed by atoms with Crippen molar-refractivity contribution in [2.75, 3.05) is 30.6 Å². The first-order valence-corrected chi connectivity index (χ1v) is 10.9. The number of nitrogen functional groups attached to an aromatic ring is 1. The summed E-state index contributed by atoms with van der Waals surface area (Å²) < 4.78 is 26.3. The number of nitrogens with one attached hydrogen (secondary N) is 3. The molecule has 1 aliphatic rings. The van der Waals surface area contributed by atoms with Gasteiger partial charge in [0.15, 0.2) is 18.2 Å². The number of nitriles is 1. The molecule has 1 amide bonds. The zero-order valence-corrected chi connectivity index (χ0v) is 19.6. The van der Waals surface area contributed by atoms with Crippen LogP contribution in [0.15, 0.2) is 59.9 Å². The number of aromatic nitrogens is 2. The summed E-state index contributed by atoms with van der Waals surface area (Å²) >= 11 is 0. The third kappa shape index (κ3) is 5.54. The number of anilines is 2. The maximum atomic E-state index is 15.7. The van der Waals surface area contributed by atoms with Crippen molar-refractivity contribution >= 4 is 29.2 Å². The van der Waals surface area contributed by atoms with Crippen LogP contribution in [0.3, 0.4) is 0 Å². The Kier molecular flexibility index (Phi) is 7.39. The Hall–Kier alpha value is -5.25. The monoisotopic (exact) mass is 503 g/mol. The van der Waals surface area contributed by atoms with E-state index in [9.17, 15) is 4.79 Å². The fourth-order valence-electron chi connectivity index (χ4n) is 3.50. The SMILES string of the molecule is COc1cc(OCC#N)c(F)c(C(Nc2ccc(C(=N)N)cc2)C2=NCC(=O)N(c3ncccn3)N2)c1. The third-order valence-electron chi connectivity index (χ3n) is 5.27. The van der Waals surface area contributed by atoms with Gasteiger partial charge in [-0.05, 0) is 36.4 Å². The average Bonchev–Trinajstić information content (AvgIpc) is 2.92.